The molecule has 8 heteroatoms. The molecule has 2 aliphatic rings. The van der Waals surface area contributed by atoms with E-state index in [9.17, 15) is 18.0 Å². The smallest absolute Gasteiger partial charge is 0.330 e. The molecule has 0 aromatic heterocycles. The summed E-state index contributed by atoms with van der Waals surface area (Å²) in [5.74, 6) is -1.65. The molecule has 24 heavy (non-hydrogen) atoms. The number of carbonyl (C=O) groups excluding carboxylic acids is 2. The number of ether oxygens (including phenoxy) is 1. The fourth-order valence-electron chi connectivity index (χ4n) is 3.34. The van der Waals surface area contributed by atoms with Crippen molar-refractivity contribution in [3.8, 4) is 0 Å². The number of benzene rings is 1. The van der Waals surface area contributed by atoms with Crippen molar-refractivity contribution < 1.29 is 22.7 Å². The number of halogens is 1. The van der Waals surface area contributed by atoms with Crippen molar-refractivity contribution in [1.29, 1.82) is 0 Å². The number of nitrogens with zero attached hydrogens (tertiary/aromatic N) is 1. The van der Waals surface area contributed by atoms with Gasteiger partial charge in [-0.25, -0.2) is 13.2 Å². The molecule has 3 atom stereocenters. The maximum absolute atomic E-state index is 12.8. The zero-order valence-electron chi connectivity index (χ0n) is 13.3. The molecule has 1 aromatic carbocycles. The molecule has 2 aliphatic heterocycles. The van der Waals surface area contributed by atoms with Gasteiger partial charge in [0.15, 0.2) is 9.84 Å². The molecule has 0 aliphatic carbocycles. The Hall–Kier alpha value is -1.41. The summed E-state index contributed by atoms with van der Waals surface area (Å²) in [6, 6.07) is 8.00. The zero-order valence-corrected chi connectivity index (χ0v) is 15.7. The lowest BCUT2D eigenvalue weighted by Gasteiger charge is -2.42. The number of fused-ring (bicyclic) bond motifs is 1. The number of hydrogen-bond donors (Lipinski definition) is 0. The summed E-state index contributed by atoms with van der Waals surface area (Å²) < 4.78 is 29.4. The highest BCUT2D eigenvalue weighted by Crippen LogP contribution is 2.49. The second-order valence-corrected chi connectivity index (χ2v) is 9.81. The van der Waals surface area contributed by atoms with Crippen molar-refractivity contribution in [2.24, 2.45) is 5.92 Å². The highest BCUT2D eigenvalue weighted by molar-refractivity contribution is 9.09. The summed E-state index contributed by atoms with van der Waals surface area (Å²) in [6.45, 7) is 3.00. The van der Waals surface area contributed by atoms with Crippen molar-refractivity contribution in [1.82, 2.24) is 4.90 Å². The third-order valence-corrected chi connectivity index (χ3v) is 8.37. The van der Waals surface area contributed by atoms with Gasteiger partial charge in [0.2, 0.25) is 5.91 Å². The molecular formula is C16H18BrNO5S. The van der Waals surface area contributed by atoms with Crippen LogP contribution >= 0.6 is 15.9 Å². The van der Waals surface area contributed by atoms with E-state index in [-0.39, 0.29) is 17.8 Å². The van der Waals surface area contributed by atoms with E-state index in [2.05, 4.69) is 15.9 Å². The van der Waals surface area contributed by atoms with E-state index in [4.69, 9.17) is 4.74 Å². The van der Waals surface area contributed by atoms with Crippen LogP contribution in [0.4, 0.5) is 0 Å². The Bertz CT molecular complexity index is 777. The standard InChI is InChI=1S/C16H18BrNO5S/c1-16(2)12(15(20)23-9-10-6-4-3-5-7-10)18-13(19)11(8-17)14(18)24(16,21)22/h3-7,11-12,14H,8-9H2,1-2H3/t11-,12+,14-/m1/s1. The molecule has 0 radical (unpaired) electrons. The van der Waals surface area contributed by atoms with Gasteiger partial charge >= 0.3 is 5.97 Å². The molecule has 0 bridgehead atoms. The van der Waals surface area contributed by atoms with Gasteiger partial charge < -0.3 is 9.64 Å². The summed E-state index contributed by atoms with van der Waals surface area (Å²) in [7, 11) is -3.66. The summed E-state index contributed by atoms with van der Waals surface area (Å²) >= 11 is 3.18. The number of carbonyl (C=O) groups is 2. The largest absolute Gasteiger partial charge is 0.459 e. The van der Waals surface area contributed by atoms with Gasteiger partial charge in [-0.1, -0.05) is 46.3 Å². The van der Waals surface area contributed by atoms with Crippen LogP contribution in [-0.2, 0) is 30.8 Å². The second-order valence-electron chi connectivity index (χ2n) is 6.54. The van der Waals surface area contributed by atoms with Gasteiger partial charge in [0.1, 0.15) is 18.0 Å². The van der Waals surface area contributed by atoms with E-state index in [0.29, 0.717) is 0 Å². The number of alkyl halides is 1. The Morgan fingerprint density at radius 1 is 1.29 bits per heavy atom. The Morgan fingerprint density at radius 2 is 1.92 bits per heavy atom. The van der Waals surface area contributed by atoms with Crippen LogP contribution in [0.2, 0.25) is 0 Å². The number of β-lactam (4-membered cyclic amide) rings is 1. The maximum atomic E-state index is 12.8. The van der Waals surface area contributed by atoms with E-state index >= 15 is 0 Å². The first-order chi connectivity index (χ1) is 11.2. The fourth-order valence-corrected chi connectivity index (χ4v) is 6.53. The highest BCUT2D eigenvalue weighted by atomic mass is 79.9. The molecule has 0 unspecified atom stereocenters. The van der Waals surface area contributed by atoms with E-state index in [1.165, 1.54) is 18.7 Å². The summed E-state index contributed by atoms with van der Waals surface area (Å²) in [4.78, 5) is 26.0. The Balaban J connectivity index is 1.84. The van der Waals surface area contributed by atoms with Crippen LogP contribution in [0.15, 0.2) is 30.3 Å². The van der Waals surface area contributed by atoms with Crippen LogP contribution in [-0.4, -0.2) is 46.7 Å². The molecule has 1 amide bonds. The van der Waals surface area contributed by atoms with Gasteiger partial charge in [-0.3, -0.25) is 4.79 Å². The Morgan fingerprint density at radius 3 is 2.50 bits per heavy atom. The highest BCUT2D eigenvalue weighted by Gasteiger charge is 2.71. The molecule has 1 aromatic rings. The summed E-state index contributed by atoms with van der Waals surface area (Å²) in [5.41, 5.74) is 0.800. The van der Waals surface area contributed by atoms with Crippen LogP contribution in [0.3, 0.4) is 0 Å². The lowest BCUT2D eigenvalue weighted by Crippen LogP contribution is -2.64. The number of rotatable bonds is 4. The first-order valence-electron chi connectivity index (χ1n) is 7.55. The molecule has 2 saturated heterocycles. The average Bonchev–Trinajstić information content (AvgIpc) is 2.68. The molecular weight excluding hydrogens is 398 g/mol. The second kappa shape index (κ2) is 5.84. The van der Waals surface area contributed by atoms with Gasteiger partial charge in [0.25, 0.3) is 0 Å². The third kappa shape index (κ3) is 2.30. The molecule has 3 rings (SSSR count). The molecule has 130 valence electrons. The number of esters is 1. The van der Waals surface area contributed by atoms with Crippen LogP contribution in [0, 0.1) is 5.92 Å². The van der Waals surface area contributed by atoms with Crippen molar-refractivity contribution in [3.05, 3.63) is 35.9 Å². The minimum atomic E-state index is -3.66. The SMILES string of the molecule is CC1(C)[C@H](C(=O)OCc2ccccc2)N2C(=O)[C@@H](CBr)[C@H]2S1(=O)=O. The van der Waals surface area contributed by atoms with Gasteiger partial charge in [0.05, 0.1) is 10.7 Å². The van der Waals surface area contributed by atoms with E-state index in [0.717, 1.165) is 5.56 Å². The molecule has 0 spiro atoms. The Kier molecular flexibility index (Phi) is 4.24. The molecule has 0 N–H and O–H groups in total. The minimum absolute atomic E-state index is 0.0425. The minimum Gasteiger partial charge on any atom is -0.459 e. The van der Waals surface area contributed by atoms with Crippen molar-refractivity contribution in [2.45, 2.75) is 36.6 Å². The predicted octanol–water partition coefficient (Wildman–Crippen LogP) is 1.48. The summed E-state index contributed by atoms with van der Waals surface area (Å²) in [5, 5.41) is -0.692. The van der Waals surface area contributed by atoms with Crippen LogP contribution < -0.4 is 0 Å². The van der Waals surface area contributed by atoms with E-state index in [1.807, 2.05) is 30.3 Å². The normalized spacial score (nSPS) is 29.7. The lowest BCUT2D eigenvalue weighted by molar-refractivity contribution is -0.166. The van der Waals surface area contributed by atoms with Crippen molar-refractivity contribution in [2.75, 3.05) is 5.33 Å². The predicted molar refractivity (Wildman–Crippen MR) is 90.9 cm³/mol. The van der Waals surface area contributed by atoms with Crippen molar-refractivity contribution >= 4 is 37.6 Å². The van der Waals surface area contributed by atoms with Crippen LogP contribution in [0.5, 0.6) is 0 Å². The molecule has 2 heterocycles. The number of amides is 1. The van der Waals surface area contributed by atoms with E-state index < -0.39 is 37.9 Å². The molecule has 2 fully saturated rings. The van der Waals surface area contributed by atoms with Gasteiger partial charge in [-0.05, 0) is 19.4 Å². The van der Waals surface area contributed by atoms with Crippen molar-refractivity contribution in [3.63, 3.8) is 0 Å². The van der Waals surface area contributed by atoms with Gasteiger partial charge in [-0.15, -0.1) is 0 Å². The quantitative estimate of drug-likeness (QED) is 0.422. The topological polar surface area (TPSA) is 80.8 Å². The van der Waals surface area contributed by atoms with Gasteiger partial charge in [-0.2, -0.15) is 0 Å². The lowest BCUT2D eigenvalue weighted by atomic mass is 9.93. The first kappa shape index (κ1) is 17.4. The van der Waals surface area contributed by atoms with E-state index in [1.54, 1.807) is 0 Å². The first-order valence-corrected chi connectivity index (χ1v) is 10.2. The Labute approximate surface area is 149 Å². The average molecular weight is 416 g/mol. The number of hydrogen-bond acceptors (Lipinski definition) is 5. The van der Waals surface area contributed by atoms with Gasteiger partial charge in [0, 0.05) is 5.33 Å². The molecule has 0 saturated carbocycles. The zero-order chi connectivity index (χ0) is 17.7. The van der Waals surface area contributed by atoms with Crippen LogP contribution in [0.25, 0.3) is 0 Å². The molecule has 6 nitrogen and oxygen atoms in total. The monoisotopic (exact) mass is 415 g/mol. The fraction of sp³-hybridized carbons (Fsp3) is 0.500. The number of sulfone groups is 1. The third-order valence-electron chi connectivity index (χ3n) is 4.79. The summed E-state index contributed by atoms with van der Waals surface area (Å²) in [6.07, 6.45) is 0. The van der Waals surface area contributed by atoms with Crippen LogP contribution in [0.1, 0.15) is 19.4 Å². The maximum Gasteiger partial charge on any atom is 0.330 e.